The summed E-state index contributed by atoms with van der Waals surface area (Å²) < 4.78 is 5.42. The highest BCUT2D eigenvalue weighted by molar-refractivity contribution is 6.06. The molecule has 20 heavy (non-hydrogen) atoms. The van der Waals surface area contributed by atoms with Crippen molar-refractivity contribution in [2.24, 2.45) is 5.92 Å². The van der Waals surface area contributed by atoms with Crippen LogP contribution < -0.4 is 0 Å². The lowest BCUT2D eigenvalue weighted by molar-refractivity contribution is -0.125. The second-order valence-electron chi connectivity index (χ2n) is 5.22. The van der Waals surface area contributed by atoms with Gasteiger partial charge in [-0.2, -0.15) is 0 Å². The molecule has 4 heteroatoms. The normalized spacial score (nSPS) is 19.6. The predicted octanol–water partition coefficient (Wildman–Crippen LogP) is 2.87. The van der Waals surface area contributed by atoms with Gasteiger partial charge in [0.2, 0.25) is 0 Å². The van der Waals surface area contributed by atoms with E-state index in [2.05, 4.69) is 0 Å². The minimum absolute atomic E-state index is 0.0223. The van der Waals surface area contributed by atoms with Gasteiger partial charge >= 0.3 is 0 Å². The molecule has 1 aliphatic rings. The number of hydrogen-bond acceptors (Lipinski definition) is 3. The van der Waals surface area contributed by atoms with Gasteiger partial charge in [0.1, 0.15) is 17.6 Å². The smallest absolute Gasteiger partial charge is 0.257 e. The van der Waals surface area contributed by atoms with Crippen LogP contribution >= 0.6 is 0 Å². The molecule has 1 amide bonds. The maximum Gasteiger partial charge on any atom is 0.257 e. The molecule has 1 aromatic carbocycles. The highest BCUT2D eigenvalue weighted by atomic mass is 16.3. The molecule has 2 heterocycles. The zero-order valence-corrected chi connectivity index (χ0v) is 11.5. The molecule has 0 saturated carbocycles. The van der Waals surface area contributed by atoms with Crippen molar-refractivity contribution in [1.82, 2.24) is 4.90 Å². The van der Waals surface area contributed by atoms with Crippen LogP contribution in [0.25, 0.3) is 11.0 Å². The molecule has 104 valence electrons. The van der Waals surface area contributed by atoms with Crippen LogP contribution in [0.1, 0.15) is 30.1 Å². The Morgan fingerprint density at radius 2 is 2.20 bits per heavy atom. The van der Waals surface area contributed by atoms with Crippen LogP contribution in [-0.2, 0) is 4.79 Å². The zero-order chi connectivity index (χ0) is 14.1. The molecule has 0 bridgehead atoms. The SMILES string of the molecule is CCC1CN(C(=O)c2coc3ccccc23)CCC1=O. The van der Waals surface area contributed by atoms with Gasteiger partial charge in [0.15, 0.2) is 0 Å². The summed E-state index contributed by atoms with van der Waals surface area (Å²) >= 11 is 0. The van der Waals surface area contributed by atoms with Crippen LogP contribution in [0.5, 0.6) is 0 Å². The van der Waals surface area contributed by atoms with Gasteiger partial charge in [-0.3, -0.25) is 9.59 Å². The largest absolute Gasteiger partial charge is 0.463 e. The van der Waals surface area contributed by atoms with Crippen molar-refractivity contribution in [2.45, 2.75) is 19.8 Å². The monoisotopic (exact) mass is 271 g/mol. The van der Waals surface area contributed by atoms with Crippen LogP contribution in [-0.4, -0.2) is 29.7 Å². The number of para-hydroxylation sites is 1. The van der Waals surface area contributed by atoms with Crippen molar-refractivity contribution in [3.63, 3.8) is 0 Å². The van der Waals surface area contributed by atoms with Crippen molar-refractivity contribution in [1.29, 1.82) is 0 Å². The lowest BCUT2D eigenvalue weighted by atomic mass is 9.93. The third-order valence-electron chi connectivity index (χ3n) is 4.02. The quantitative estimate of drug-likeness (QED) is 0.844. The minimum Gasteiger partial charge on any atom is -0.463 e. The Hall–Kier alpha value is -2.10. The summed E-state index contributed by atoms with van der Waals surface area (Å²) in [5.74, 6) is 0.209. The molecule has 1 aliphatic heterocycles. The first-order valence-electron chi connectivity index (χ1n) is 6.99. The number of nitrogens with zero attached hydrogens (tertiary/aromatic N) is 1. The van der Waals surface area contributed by atoms with Crippen LogP contribution in [0.15, 0.2) is 34.9 Å². The maximum atomic E-state index is 12.6. The molecular weight excluding hydrogens is 254 g/mol. The number of furan rings is 1. The fourth-order valence-electron chi connectivity index (χ4n) is 2.76. The van der Waals surface area contributed by atoms with Crippen molar-refractivity contribution >= 4 is 22.7 Å². The number of carbonyl (C=O) groups is 2. The van der Waals surface area contributed by atoms with Crippen molar-refractivity contribution in [3.8, 4) is 0 Å². The van der Waals surface area contributed by atoms with Gasteiger partial charge in [0, 0.05) is 30.8 Å². The van der Waals surface area contributed by atoms with Gasteiger partial charge in [-0.25, -0.2) is 0 Å². The molecule has 1 fully saturated rings. The Balaban J connectivity index is 1.87. The van der Waals surface area contributed by atoms with E-state index in [1.54, 1.807) is 4.90 Å². The highest BCUT2D eigenvalue weighted by Gasteiger charge is 2.30. The summed E-state index contributed by atoms with van der Waals surface area (Å²) in [4.78, 5) is 26.1. The van der Waals surface area contributed by atoms with Crippen LogP contribution in [0.4, 0.5) is 0 Å². The van der Waals surface area contributed by atoms with Gasteiger partial charge in [0.05, 0.1) is 5.56 Å². The number of Topliss-reactive ketones (excluding diaryl/α,β-unsaturated/α-hetero) is 1. The summed E-state index contributed by atoms with van der Waals surface area (Å²) in [5.41, 5.74) is 1.31. The van der Waals surface area contributed by atoms with Crippen LogP contribution in [0.3, 0.4) is 0 Å². The van der Waals surface area contributed by atoms with Crippen molar-refractivity contribution < 1.29 is 14.0 Å². The number of benzene rings is 1. The molecule has 1 unspecified atom stereocenters. The molecule has 0 spiro atoms. The average molecular weight is 271 g/mol. The number of ketones is 1. The highest BCUT2D eigenvalue weighted by Crippen LogP contribution is 2.24. The summed E-state index contributed by atoms with van der Waals surface area (Å²) in [6, 6.07) is 7.51. The van der Waals surface area contributed by atoms with E-state index >= 15 is 0 Å². The van der Waals surface area contributed by atoms with E-state index in [4.69, 9.17) is 4.42 Å². The van der Waals surface area contributed by atoms with E-state index in [9.17, 15) is 9.59 Å². The van der Waals surface area contributed by atoms with Gasteiger partial charge in [-0.15, -0.1) is 0 Å². The molecule has 1 aromatic heterocycles. The first kappa shape index (κ1) is 12.9. The molecule has 1 atom stereocenters. The second kappa shape index (κ2) is 5.12. The van der Waals surface area contributed by atoms with Crippen molar-refractivity contribution in [2.75, 3.05) is 13.1 Å². The lowest BCUT2D eigenvalue weighted by Crippen LogP contribution is -2.43. The van der Waals surface area contributed by atoms with Gasteiger partial charge in [0.25, 0.3) is 5.91 Å². The molecule has 0 radical (unpaired) electrons. The minimum atomic E-state index is -0.0408. The fourth-order valence-corrected chi connectivity index (χ4v) is 2.76. The van der Waals surface area contributed by atoms with Crippen LogP contribution in [0, 0.1) is 5.92 Å². The number of hydrogen-bond donors (Lipinski definition) is 0. The summed E-state index contributed by atoms with van der Waals surface area (Å²) in [6.07, 6.45) is 2.76. The number of likely N-dealkylation sites (tertiary alicyclic amines) is 1. The third-order valence-corrected chi connectivity index (χ3v) is 4.02. The Morgan fingerprint density at radius 3 is 3.00 bits per heavy atom. The van der Waals surface area contributed by atoms with E-state index in [0.29, 0.717) is 25.1 Å². The average Bonchev–Trinajstić information content (AvgIpc) is 2.91. The summed E-state index contributed by atoms with van der Waals surface area (Å²) in [7, 11) is 0. The Kier molecular flexibility index (Phi) is 3.30. The van der Waals surface area contributed by atoms with Crippen LogP contribution in [0.2, 0.25) is 0 Å². The standard InChI is InChI=1S/C16H17NO3/c1-2-11-9-17(8-7-14(11)18)16(19)13-10-20-15-6-4-3-5-12(13)15/h3-6,10-11H,2,7-9H2,1H3. The molecular formula is C16H17NO3. The third kappa shape index (κ3) is 2.11. The number of amides is 1. The van der Waals surface area contributed by atoms with E-state index in [-0.39, 0.29) is 17.6 Å². The van der Waals surface area contributed by atoms with E-state index in [0.717, 1.165) is 17.4 Å². The molecule has 1 saturated heterocycles. The first-order valence-corrected chi connectivity index (χ1v) is 6.99. The fraction of sp³-hybridized carbons (Fsp3) is 0.375. The second-order valence-corrected chi connectivity index (χ2v) is 5.22. The molecule has 0 N–H and O–H groups in total. The molecule has 3 rings (SSSR count). The number of carbonyl (C=O) groups excluding carboxylic acids is 2. The topological polar surface area (TPSA) is 50.5 Å². The zero-order valence-electron chi connectivity index (χ0n) is 11.5. The molecule has 4 nitrogen and oxygen atoms in total. The maximum absolute atomic E-state index is 12.6. The lowest BCUT2D eigenvalue weighted by Gasteiger charge is -2.31. The van der Waals surface area contributed by atoms with Crippen molar-refractivity contribution in [3.05, 3.63) is 36.1 Å². The summed E-state index contributed by atoms with van der Waals surface area (Å²) in [6.45, 7) is 3.02. The Labute approximate surface area is 117 Å². The number of rotatable bonds is 2. The Morgan fingerprint density at radius 1 is 1.40 bits per heavy atom. The van der Waals surface area contributed by atoms with Gasteiger partial charge in [-0.05, 0) is 12.5 Å². The van der Waals surface area contributed by atoms with Gasteiger partial charge in [-0.1, -0.05) is 25.1 Å². The predicted molar refractivity (Wildman–Crippen MR) is 75.5 cm³/mol. The number of fused-ring (bicyclic) bond motifs is 1. The Bertz CT molecular complexity index is 659. The molecule has 0 aliphatic carbocycles. The number of piperidine rings is 1. The first-order chi connectivity index (χ1) is 9.70. The van der Waals surface area contributed by atoms with E-state index < -0.39 is 0 Å². The van der Waals surface area contributed by atoms with E-state index in [1.807, 2.05) is 31.2 Å². The van der Waals surface area contributed by atoms with E-state index in [1.165, 1.54) is 6.26 Å². The summed E-state index contributed by atoms with van der Waals surface area (Å²) in [5, 5.41) is 0.836. The molecule has 2 aromatic rings. The van der Waals surface area contributed by atoms with Gasteiger partial charge < -0.3 is 9.32 Å².